The molecule has 2 aliphatic rings. The molecule has 0 aromatic heterocycles. The van der Waals surface area contributed by atoms with Gasteiger partial charge < -0.3 is 4.74 Å². The van der Waals surface area contributed by atoms with Crippen molar-refractivity contribution in [3.05, 3.63) is 29.8 Å². The number of hydrogen-bond acceptors (Lipinski definition) is 1. The van der Waals surface area contributed by atoms with Gasteiger partial charge in [0.2, 0.25) is 0 Å². The molecule has 0 heterocycles. The van der Waals surface area contributed by atoms with Gasteiger partial charge in [-0.1, -0.05) is 51.2 Å². The molecule has 2 aliphatic carbocycles. The summed E-state index contributed by atoms with van der Waals surface area (Å²) in [6.45, 7) is 2.33. The van der Waals surface area contributed by atoms with E-state index in [1.54, 1.807) is 12.1 Å². The van der Waals surface area contributed by atoms with E-state index in [4.69, 9.17) is 0 Å². The Kier molecular flexibility index (Phi) is 7.10. The number of benzene rings is 1. The van der Waals surface area contributed by atoms with Crippen LogP contribution in [0.3, 0.4) is 0 Å². The average Bonchev–Trinajstić information content (AvgIpc) is 2.67. The van der Waals surface area contributed by atoms with E-state index in [-0.39, 0.29) is 5.75 Å². The standard InChI is InChI=1S/C23H33F3O/c1-2-17-5-11-20(12-6-17)21-13-7-18(8-14-21)3-4-19-9-15-22(16-10-19)27-23(24,25)26/h9-10,15-18,20-21H,2-8,11-14H2,1H3/t17-,18?,20-,21?. The second-order valence-electron chi connectivity index (χ2n) is 8.70. The highest BCUT2D eigenvalue weighted by Crippen LogP contribution is 2.42. The molecule has 0 bridgehead atoms. The molecule has 0 N–H and O–H groups in total. The minimum atomic E-state index is -4.62. The summed E-state index contributed by atoms with van der Waals surface area (Å²) in [6.07, 6.45) is 10.0. The predicted molar refractivity (Wildman–Crippen MR) is 103 cm³/mol. The summed E-state index contributed by atoms with van der Waals surface area (Å²) >= 11 is 0. The SMILES string of the molecule is CC[C@H]1CC[C@H](C2CCC(CCc3ccc(OC(F)(F)F)cc3)CC2)CC1. The third-order valence-corrected chi connectivity index (χ3v) is 7.03. The van der Waals surface area contributed by atoms with Crippen LogP contribution in [-0.2, 0) is 6.42 Å². The van der Waals surface area contributed by atoms with Gasteiger partial charge in [-0.05, 0) is 79.9 Å². The van der Waals surface area contributed by atoms with Crippen LogP contribution in [0.4, 0.5) is 13.2 Å². The van der Waals surface area contributed by atoms with Crippen LogP contribution in [0.15, 0.2) is 24.3 Å². The smallest absolute Gasteiger partial charge is 0.406 e. The van der Waals surface area contributed by atoms with Crippen LogP contribution < -0.4 is 4.74 Å². The molecular formula is C23H33F3O. The van der Waals surface area contributed by atoms with E-state index in [1.165, 1.54) is 69.9 Å². The summed E-state index contributed by atoms with van der Waals surface area (Å²) in [5.41, 5.74) is 1.10. The van der Waals surface area contributed by atoms with Gasteiger partial charge in [-0.2, -0.15) is 0 Å². The maximum Gasteiger partial charge on any atom is 0.573 e. The van der Waals surface area contributed by atoms with Crippen molar-refractivity contribution < 1.29 is 17.9 Å². The van der Waals surface area contributed by atoms with Gasteiger partial charge in [0.25, 0.3) is 0 Å². The maximum atomic E-state index is 12.2. The Balaban J connectivity index is 1.37. The molecule has 4 heteroatoms. The van der Waals surface area contributed by atoms with E-state index < -0.39 is 6.36 Å². The minimum Gasteiger partial charge on any atom is -0.406 e. The third-order valence-electron chi connectivity index (χ3n) is 7.03. The molecule has 2 fully saturated rings. The van der Waals surface area contributed by atoms with Crippen molar-refractivity contribution in [3.63, 3.8) is 0 Å². The Morgan fingerprint density at radius 2 is 1.33 bits per heavy atom. The van der Waals surface area contributed by atoms with Crippen LogP contribution in [0.1, 0.15) is 76.7 Å². The van der Waals surface area contributed by atoms with E-state index in [0.717, 1.165) is 42.1 Å². The molecule has 1 aromatic carbocycles. The molecule has 2 saturated carbocycles. The molecule has 0 spiro atoms. The summed E-state index contributed by atoms with van der Waals surface area (Å²) in [4.78, 5) is 0. The zero-order valence-electron chi connectivity index (χ0n) is 16.4. The summed E-state index contributed by atoms with van der Waals surface area (Å²) in [5, 5.41) is 0. The van der Waals surface area contributed by atoms with Crippen LogP contribution in [0, 0.1) is 23.7 Å². The van der Waals surface area contributed by atoms with Gasteiger partial charge in [-0.15, -0.1) is 13.2 Å². The van der Waals surface area contributed by atoms with E-state index in [9.17, 15) is 13.2 Å². The number of alkyl halides is 3. The fourth-order valence-corrected chi connectivity index (χ4v) is 5.24. The highest BCUT2D eigenvalue weighted by atomic mass is 19.4. The topological polar surface area (TPSA) is 9.23 Å². The van der Waals surface area contributed by atoms with E-state index in [1.807, 2.05) is 0 Å². The van der Waals surface area contributed by atoms with Crippen molar-refractivity contribution in [1.82, 2.24) is 0 Å². The number of hydrogen-bond donors (Lipinski definition) is 0. The van der Waals surface area contributed by atoms with Crippen LogP contribution in [0.25, 0.3) is 0 Å². The molecular weight excluding hydrogens is 349 g/mol. The molecule has 1 aromatic rings. The van der Waals surface area contributed by atoms with E-state index in [0.29, 0.717) is 0 Å². The first-order valence-electron chi connectivity index (χ1n) is 10.8. The van der Waals surface area contributed by atoms with Gasteiger partial charge in [0.1, 0.15) is 5.75 Å². The van der Waals surface area contributed by atoms with Crippen molar-refractivity contribution in [2.24, 2.45) is 23.7 Å². The van der Waals surface area contributed by atoms with Crippen LogP contribution in [0.2, 0.25) is 0 Å². The van der Waals surface area contributed by atoms with Gasteiger partial charge in [0, 0.05) is 0 Å². The Morgan fingerprint density at radius 1 is 0.815 bits per heavy atom. The first-order valence-corrected chi connectivity index (χ1v) is 10.8. The molecule has 0 amide bonds. The van der Waals surface area contributed by atoms with Crippen molar-refractivity contribution >= 4 is 0 Å². The number of aryl methyl sites for hydroxylation is 1. The van der Waals surface area contributed by atoms with Crippen LogP contribution >= 0.6 is 0 Å². The molecule has 0 radical (unpaired) electrons. The van der Waals surface area contributed by atoms with Crippen LogP contribution in [0.5, 0.6) is 5.75 Å². The first-order chi connectivity index (χ1) is 12.9. The Morgan fingerprint density at radius 3 is 1.81 bits per heavy atom. The molecule has 3 rings (SSSR count). The highest BCUT2D eigenvalue weighted by molar-refractivity contribution is 5.27. The molecule has 152 valence electrons. The Bertz CT molecular complexity index is 550. The quantitative estimate of drug-likeness (QED) is 0.494. The Labute approximate surface area is 161 Å². The van der Waals surface area contributed by atoms with Gasteiger partial charge in [0.15, 0.2) is 0 Å². The fraction of sp³-hybridized carbons (Fsp3) is 0.739. The highest BCUT2D eigenvalue weighted by Gasteiger charge is 2.31. The zero-order valence-corrected chi connectivity index (χ0v) is 16.4. The second-order valence-corrected chi connectivity index (χ2v) is 8.70. The largest absolute Gasteiger partial charge is 0.573 e. The van der Waals surface area contributed by atoms with Crippen LogP contribution in [-0.4, -0.2) is 6.36 Å². The van der Waals surface area contributed by atoms with Gasteiger partial charge in [0.05, 0.1) is 0 Å². The van der Waals surface area contributed by atoms with Crippen molar-refractivity contribution in [2.75, 3.05) is 0 Å². The maximum absolute atomic E-state index is 12.2. The molecule has 0 aliphatic heterocycles. The average molecular weight is 383 g/mol. The third kappa shape index (κ3) is 6.43. The number of halogens is 3. The van der Waals surface area contributed by atoms with Crippen molar-refractivity contribution in [2.45, 2.75) is 83.9 Å². The lowest BCUT2D eigenvalue weighted by molar-refractivity contribution is -0.274. The molecule has 0 saturated heterocycles. The predicted octanol–water partition coefficient (Wildman–Crippen LogP) is 7.54. The lowest BCUT2D eigenvalue weighted by Crippen LogP contribution is -2.25. The molecule has 27 heavy (non-hydrogen) atoms. The van der Waals surface area contributed by atoms with Crippen molar-refractivity contribution in [1.29, 1.82) is 0 Å². The van der Waals surface area contributed by atoms with E-state index >= 15 is 0 Å². The summed E-state index contributed by atoms with van der Waals surface area (Å²) in [5.74, 6) is 3.53. The molecule has 0 unspecified atom stereocenters. The molecule has 1 nitrogen and oxygen atoms in total. The lowest BCUT2D eigenvalue weighted by atomic mass is 9.68. The van der Waals surface area contributed by atoms with Gasteiger partial charge in [-0.3, -0.25) is 0 Å². The monoisotopic (exact) mass is 382 g/mol. The summed E-state index contributed by atoms with van der Waals surface area (Å²) in [6, 6.07) is 6.37. The van der Waals surface area contributed by atoms with E-state index in [2.05, 4.69) is 11.7 Å². The van der Waals surface area contributed by atoms with Crippen molar-refractivity contribution in [3.8, 4) is 5.75 Å². The minimum absolute atomic E-state index is 0.135. The number of rotatable bonds is 6. The lowest BCUT2D eigenvalue weighted by Gasteiger charge is -2.37. The van der Waals surface area contributed by atoms with Gasteiger partial charge in [-0.25, -0.2) is 0 Å². The summed E-state index contributed by atoms with van der Waals surface area (Å²) < 4.78 is 40.6. The normalized spacial score (nSPS) is 29.5. The number of ether oxygens (including phenoxy) is 1. The zero-order chi connectivity index (χ0) is 19.3. The Hall–Kier alpha value is -1.19. The van der Waals surface area contributed by atoms with Gasteiger partial charge >= 0.3 is 6.36 Å². The second kappa shape index (κ2) is 9.34. The summed E-state index contributed by atoms with van der Waals surface area (Å²) in [7, 11) is 0. The first kappa shape index (κ1) is 20.5. The fourth-order valence-electron chi connectivity index (χ4n) is 5.24. The molecule has 0 atom stereocenters.